The number of amides is 1. The van der Waals surface area contributed by atoms with E-state index in [0.29, 0.717) is 30.1 Å². The third kappa shape index (κ3) is 4.13. The van der Waals surface area contributed by atoms with E-state index in [1.54, 1.807) is 22.9 Å². The summed E-state index contributed by atoms with van der Waals surface area (Å²) in [4.78, 5) is 12.7. The van der Waals surface area contributed by atoms with Crippen molar-refractivity contribution >= 4 is 15.9 Å². The minimum atomic E-state index is -3.60. The molecule has 31 heavy (non-hydrogen) atoms. The molecule has 0 saturated heterocycles. The highest BCUT2D eigenvalue weighted by atomic mass is 32.2. The smallest absolute Gasteiger partial charge is 0.272 e. The topological polar surface area (TPSA) is 93.1 Å². The largest absolute Gasteiger partial charge is 0.347 e. The fraction of sp³-hybridized carbons (Fsp3) is 0.304. The average Bonchev–Trinajstić information content (AvgIpc) is 3.46. The summed E-state index contributed by atoms with van der Waals surface area (Å²) in [6, 6.07) is 16.6. The van der Waals surface area contributed by atoms with Crippen molar-refractivity contribution in [2.75, 3.05) is 0 Å². The van der Waals surface area contributed by atoms with Gasteiger partial charge in [-0.05, 0) is 54.2 Å². The summed E-state index contributed by atoms with van der Waals surface area (Å²) in [6.45, 7) is 0.844. The Labute approximate surface area is 181 Å². The van der Waals surface area contributed by atoms with Crippen LogP contribution in [0, 0.1) is 0 Å². The van der Waals surface area contributed by atoms with Crippen LogP contribution in [0.25, 0.3) is 0 Å². The van der Waals surface area contributed by atoms with E-state index in [9.17, 15) is 13.2 Å². The summed E-state index contributed by atoms with van der Waals surface area (Å²) in [7, 11) is -3.60. The van der Waals surface area contributed by atoms with Crippen LogP contribution >= 0.6 is 0 Å². The number of carbonyl (C=O) groups is 1. The zero-order chi connectivity index (χ0) is 21.4. The normalized spacial score (nSPS) is 17.4. The molecule has 2 heterocycles. The monoisotopic (exact) mass is 436 g/mol. The number of rotatable bonds is 6. The van der Waals surface area contributed by atoms with Crippen molar-refractivity contribution in [2.45, 2.75) is 49.7 Å². The summed E-state index contributed by atoms with van der Waals surface area (Å²) < 4.78 is 30.2. The Morgan fingerprint density at radius 1 is 1.06 bits per heavy atom. The van der Waals surface area contributed by atoms with Crippen LogP contribution in [0.5, 0.6) is 0 Å². The van der Waals surface area contributed by atoms with Crippen LogP contribution < -0.4 is 10.0 Å². The summed E-state index contributed by atoms with van der Waals surface area (Å²) >= 11 is 0. The molecule has 0 saturated carbocycles. The third-order valence-corrected chi connectivity index (χ3v) is 7.46. The van der Waals surface area contributed by atoms with Gasteiger partial charge in [0.05, 0.1) is 11.4 Å². The molecule has 0 unspecified atom stereocenters. The van der Waals surface area contributed by atoms with Crippen molar-refractivity contribution in [3.05, 3.63) is 82.7 Å². The van der Waals surface area contributed by atoms with Gasteiger partial charge in [0.25, 0.3) is 5.91 Å². The van der Waals surface area contributed by atoms with E-state index in [0.717, 1.165) is 36.1 Å². The number of aryl methyl sites for hydroxylation is 2. The first-order valence-electron chi connectivity index (χ1n) is 10.5. The van der Waals surface area contributed by atoms with Gasteiger partial charge in [-0.15, -0.1) is 0 Å². The first kappa shape index (κ1) is 20.0. The number of carbonyl (C=O) groups excluding carboxylic acids is 1. The maximum absolute atomic E-state index is 12.9. The van der Waals surface area contributed by atoms with Gasteiger partial charge in [-0.2, -0.15) is 5.10 Å². The lowest BCUT2D eigenvalue weighted by atomic mass is 10.1. The molecule has 5 rings (SSSR count). The number of hydrogen-bond acceptors (Lipinski definition) is 4. The highest BCUT2D eigenvalue weighted by Gasteiger charge is 2.29. The zero-order valence-electron chi connectivity index (χ0n) is 17.0. The molecular formula is C23H24N4O3S. The van der Waals surface area contributed by atoms with Crippen molar-refractivity contribution in [2.24, 2.45) is 0 Å². The van der Waals surface area contributed by atoms with Gasteiger partial charge in [0.1, 0.15) is 5.69 Å². The molecule has 1 aromatic heterocycles. The average molecular weight is 437 g/mol. The number of sulfonamides is 1. The molecule has 1 aliphatic heterocycles. The quantitative estimate of drug-likeness (QED) is 0.620. The highest BCUT2D eigenvalue weighted by molar-refractivity contribution is 7.89. The minimum absolute atomic E-state index is 0.235. The Bertz CT molecular complexity index is 1210. The van der Waals surface area contributed by atoms with Crippen molar-refractivity contribution in [3.8, 4) is 0 Å². The van der Waals surface area contributed by atoms with Gasteiger partial charge >= 0.3 is 0 Å². The number of aromatic nitrogens is 2. The van der Waals surface area contributed by atoms with Gasteiger partial charge < -0.3 is 5.32 Å². The molecule has 0 fully saturated rings. The second-order valence-corrected chi connectivity index (χ2v) is 9.89. The Morgan fingerprint density at radius 2 is 1.87 bits per heavy atom. The SMILES string of the molecule is O=C(NCc1ccccc1)c1cc2n(n1)C[C@@H](NS(=O)(=O)c1ccc3c(c1)CCC3)C2. The fourth-order valence-electron chi connectivity index (χ4n) is 4.37. The molecule has 1 atom stereocenters. The van der Waals surface area contributed by atoms with Crippen molar-refractivity contribution in [1.29, 1.82) is 0 Å². The molecule has 2 N–H and O–H groups in total. The van der Waals surface area contributed by atoms with Crippen LogP contribution in [0.4, 0.5) is 0 Å². The molecule has 2 aromatic carbocycles. The maximum atomic E-state index is 12.9. The predicted molar refractivity (Wildman–Crippen MR) is 116 cm³/mol. The standard InChI is InChI=1S/C23H24N4O3S/c28-23(24-14-16-5-2-1-3-6-16)22-13-20-12-19(15-27(20)25-22)26-31(29,30)21-10-9-17-7-4-8-18(17)11-21/h1-3,5-6,9-11,13,19,26H,4,7-8,12,14-15H2,(H,24,28)/t19-/m0/s1. The number of hydrogen-bond donors (Lipinski definition) is 2. The molecule has 160 valence electrons. The highest BCUT2D eigenvalue weighted by Crippen LogP contribution is 2.25. The van der Waals surface area contributed by atoms with Gasteiger partial charge in [-0.3, -0.25) is 9.48 Å². The lowest BCUT2D eigenvalue weighted by Gasteiger charge is -2.13. The lowest BCUT2D eigenvalue weighted by Crippen LogP contribution is -2.36. The van der Waals surface area contributed by atoms with Crippen LogP contribution in [0.3, 0.4) is 0 Å². The van der Waals surface area contributed by atoms with Crippen molar-refractivity contribution in [1.82, 2.24) is 19.8 Å². The number of benzene rings is 2. The first-order valence-corrected chi connectivity index (χ1v) is 12.0. The molecule has 3 aromatic rings. The van der Waals surface area contributed by atoms with E-state index in [1.165, 1.54) is 5.56 Å². The van der Waals surface area contributed by atoms with E-state index in [2.05, 4.69) is 15.1 Å². The van der Waals surface area contributed by atoms with Gasteiger partial charge in [0.15, 0.2) is 0 Å². The van der Waals surface area contributed by atoms with Crippen molar-refractivity contribution in [3.63, 3.8) is 0 Å². The van der Waals surface area contributed by atoms with Crippen LogP contribution in [-0.2, 0) is 42.4 Å². The Morgan fingerprint density at radius 3 is 2.68 bits per heavy atom. The minimum Gasteiger partial charge on any atom is -0.347 e. The summed E-state index contributed by atoms with van der Waals surface area (Å²) in [5.41, 5.74) is 4.60. The van der Waals surface area contributed by atoms with Crippen molar-refractivity contribution < 1.29 is 13.2 Å². The first-order chi connectivity index (χ1) is 15.0. The van der Waals surface area contributed by atoms with E-state index in [-0.39, 0.29) is 11.9 Å². The lowest BCUT2D eigenvalue weighted by molar-refractivity contribution is 0.0945. The molecule has 1 amide bonds. The number of fused-ring (bicyclic) bond motifs is 2. The second kappa shape index (κ2) is 7.94. The Hall–Kier alpha value is -2.97. The van der Waals surface area contributed by atoms with Gasteiger partial charge in [0, 0.05) is 24.7 Å². The molecule has 8 heteroatoms. The number of nitrogens with one attached hydrogen (secondary N) is 2. The third-order valence-electron chi connectivity index (χ3n) is 5.94. The van der Waals surface area contributed by atoms with E-state index >= 15 is 0 Å². The molecule has 0 spiro atoms. The molecule has 2 aliphatic rings. The summed E-state index contributed by atoms with van der Waals surface area (Å²) in [5, 5.41) is 7.24. The molecule has 0 bridgehead atoms. The molecule has 0 radical (unpaired) electrons. The molecule has 7 nitrogen and oxygen atoms in total. The van der Waals surface area contributed by atoms with Gasteiger partial charge in [-0.1, -0.05) is 36.4 Å². The number of nitrogens with zero attached hydrogens (tertiary/aromatic N) is 2. The molecular weight excluding hydrogens is 412 g/mol. The fourth-order valence-corrected chi connectivity index (χ4v) is 5.64. The summed E-state index contributed by atoms with van der Waals surface area (Å²) in [6.07, 6.45) is 3.54. The Kier molecular flexibility index (Phi) is 5.11. The van der Waals surface area contributed by atoms with E-state index < -0.39 is 10.0 Å². The zero-order valence-corrected chi connectivity index (χ0v) is 17.9. The van der Waals surface area contributed by atoms with Crippen LogP contribution in [0.2, 0.25) is 0 Å². The van der Waals surface area contributed by atoms with Gasteiger partial charge in [0.2, 0.25) is 10.0 Å². The van der Waals surface area contributed by atoms with Crippen LogP contribution in [-0.4, -0.2) is 30.1 Å². The second-order valence-electron chi connectivity index (χ2n) is 8.18. The van der Waals surface area contributed by atoms with E-state index in [1.807, 2.05) is 36.4 Å². The summed E-state index contributed by atoms with van der Waals surface area (Å²) in [5.74, 6) is -0.235. The Balaban J connectivity index is 1.21. The molecule has 1 aliphatic carbocycles. The van der Waals surface area contributed by atoms with E-state index in [4.69, 9.17) is 0 Å². The van der Waals surface area contributed by atoms with Crippen LogP contribution in [0.1, 0.15) is 39.3 Å². The van der Waals surface area contributed by atoms with Crippen LogP contribution in [0.15, 0.2) is 59.5 Å². The predicted octanol–water partition coefficient (Wildman–Crippen LogP) is 2.21. The maximum Gasteiger partial charge on any atom is 0.272 e. The van der Waals surface area contributed by atoms with Gasteiger partial charge in [-0.25, -0.2) is 13.1 Å².